The lowest BCUT2D eigenvalue weighted by Gasteiger charge is -2.17. The number of amides is 1. The van der Waals surface area contributed by atoms with Gasteiger partial charge in [-0.3, -0.25) is 9.69 Å². The van der Waals surface area contributed by atoms with Crippen LogP contribution in [-0.4, -0.2) is 34.5 Å². The lowest BCUT2D eigenvalue weighted by Crippen LogP contribution is -2.31. The van der Waals surface area contributed by atoms with Crippen LogP contribution in [0.3, 0.4) is 0 Å². The molecule has 0 bridgehead atoms. The topological polar surface area (TPSA) is 54.3 Å². The van der Waals surface area contributed by atoms with Crippen LogP contribution in [0.5, 0.6) is 5.75 Å². The fourth-order valence-corrected chi connectivity index (χ4v) is 4.90. The maximum absolute atomic E-state index is 13.1. The van der Waals surface area contributed by atoms with Crippen LogP contribution >= 0.6 is 11.8 Å². The predicted molar refractivity (Wildman–Crippen MR) is 129 cm³/mol. The van der Waals surface area contributed by atoms with Crippen LogP contribution < -0.4 is 4.74 Å². The number of carbonyl (C=O) groups is 1. The number of ether oxygens (including phenoxy) is 1. The average molecular weight is 432 g/mol. The van der Waals surface area contributed by atoms with Crippen molar-refractivity contribution < 1.29 is 9.53 Å². The van der Waals surface area contributed by atoms with Gasteiger partial charge in [0.15, 0.2) is 5.17 Å². The van der Waals surface area contributed by atoms with Gasteiger partial charge in [-0.2, -0.15) is 5.10 Å². The van der Waals surface area contributed by atoms with Gasteiger partial charge in [0.25, 0.3) is 0 Å². The van der Waals surface area contributed by atoms with E-state index in [-0.39, 0.29) is 11.2 Å². The maximum Gasteiger partial charge on any atom is 0.242 e. The molecule has 4 rings (SSSR count). The summed E-state index contributed by atoms with van der Waals surface area (Å²) in [5, 5.41) is 11.6. The summed E-state index contributed by atoms with van der Waals surface area (Å²) in [6.07, 6.45) is 3.44. The number of thioether (sulfide) groups is 1. The van der Waals surface area contributed by atoms with Gasteiger partial charge in [0.1, 0.15) is 5.75 Å². The van der Waals surface area contributed by atoms with Crippen molar-refractivity contribution in [2.24, 2.45) is 10.2 Å². The Hall–Kier alpha value is -3.12. The van der Waals surface area contributed by atoms with E-state index in [2.05, 4.69) is 41.4 Å². The largest absolute Gasteiger partial charge is 0.496 e. The minimum atomic E-state index is -0.111. The van der Waals surface area contributed by atoms with Gasteiger partial charge in [0.05, 0.1) is 25.1 Å². The van der Waals surface area contributed by atoms with Crippen molar-refractivity contribution in [1.29, 1.82) is 0 Å². The van der Waals surface area contributed by atoms with Gasteiger partial charge in [0, 0.05) is 5.56 Å². The molecule has 0 aromatic heterocycles. The van der Waals surface area contributed by atoms with Crippen molar-refractivity contribution in [2.45, 2.75) is 31.6 Å². The van der Waals surface area contributed by atoms with E-state index in [1.54, 1.807) is 18.2 Å². The Morgan fingerprint density at radius 2 is 1.84 bits per heavy atom. The van der Waals surface area contributed by atoms with Gasteiger partial charge in [-0.1, -0.05) is 79.7 Å². The van der Waals surface area contributed by atoms with E-state index in [1.165, 1.54) is 11.8 Å². The predicted octanol–water partition coefficient (Wildman–Crippen LogP) is 5.48. The second-order valence-electron chi connectivity index (χ2n) is 7.33. The highest BCUT2D eigenvalue weighted by molar-refractivity contribution is 8.15. The van der Waals surface area contributed by atoms with Crippen molar-refractivity contribution in [2.75, 3.05) is 7.11 Å². The third kappa shape index (κ3) is 4.64. The molecule has 0 aliphatic carbocycles. The third-order valence-corrected chi connectivity index (χ3v) is 6.49. The molecule has 1 heterocycles. The average Bonchev–Trinajstić information content (AvgIpc) is 3.09. The van der Waals surface area contributed by atoms with Crippen LogP contribution in [0, 0.1) is 0 Å². The van der Waals surface area contributed by atoms with Crippen LogP contribution in [-0.2, 0) is 11.3 Å². The molecule has 1 aliphatic heterocycles. The smallest absolute Gasteiger partial charge is 0.242 e. The quantitative estimate of drug-likeness (QED) is 0.368. The Labute approximate surface area is 186 Å². The molecule has 1 unspecified atom stereocenters. The summed E-state index contributed by atoms with van der Waals surface area (Å²) in [4.78, 5) is 14.9. The van der Waals surface area contributed by atoms with Gasteiger partial charge in [-0.15, -0.1) is 5.10 Å². The zero-order valence-electron chi connectivity index (χ0n) is 17.7. The van der Waals surface area contributed by atoms with Gasteiger partial charge in [0.2, 0.25) is 5.91 Å². The maximum atomic E-state index is 13.1. The summed E-state index contributed by atoms with van der Waals surface area (Å²) < 4.78 is 5.37. The first kappa shape index (κ1) is 21.1. The van der Waals surface area contributed by atoms with Gasteiger partial charge < -0.3 is 4.74 Å². The molecule has 0 saturated carbocycles. The molecule has 31 heavy (non-hydrogen) atoms. The molecule has 6 heteroatoms. The number of benzene rings is 3. The highest BCUT2D eigenvalue weighted by Gasteiger charge is 2.37. The fraction of sp³-hybridized carbons (Fsp3) is 0.240. The minimum absolute atomic E-state index is 0.103. The molecule has 1 saturated heterocycles. The van der Waals surface area contributed by atoms with Crippen molar-refractivity contribution in [3.8, 4) is 5.75 Å². The summed E-state index contributed by atoms with van der Waals surface area (Å²) >= 11 is 1.50. The number of para-hydroxylation sites is 1. The van der Waals surface area contributed by atoms with Crippen molar-refractivity contribution in [1.82, 2.24) is 4.90 Å². The Morgan fingerprint density at radius 3 is 2.68 bits per heavy atom. The molecule has 1 amide bonds. The van der Waals surface area contributed by atoms with Crippen LogP contribution in [0.15, 0.2) is 76.9 Å². The molecule has 0 spiro atoms. The summed E-state index contributed by atoms with van der Waals surface area (Å²) in [6, 6.07) is 22.1. The summed E-state index contributed by atoms with van der Waals surface area (Å²) in [5.74, 6) is 0.837. The molecule has 1 atom stereocenters. The molecule has 158 valence electrons. The molecule has 3 aromatic carbocycles. The van der Waals surface area contributed by atoms with E-state index in [0.29, 0.717) is 11.7 Å². The van der Waals surface area contributed by atoms with Crippen LogP contribution in [0.1, 0.15) is 30.9 Å². The van der Waals surface area contributed by atoms with E-state index >= 15 is 0 Å². The van der Waals surface area contributed by atoms with Crippen LogP contribution in [0.2, 0.25) is 0 Å². The molecular weight excluding hydrogens is 406 g/mol. The van der Waals surface area contributed by atoms with Crippen LogP contribution in [0.25, 0.3) is 10.8 Å². The number of nitrogens with zero attached hydrogens (tertiary/aromatic N) is 3. The highest BCUT2D eigenvalue weighted by atomic mass is 32.2. The fourth-order valence-electron chi connectivity index (χ4n) is 3.69. The minimum Gasteiger partial charge on any atom is -0.496 e. The third-order valence-electron chi connectivity index (χ3n) is 5.26. The number of fused-ring (bicyclic) bond motifs is 1. The number of carbonyl (C=O) groups excluding carboxylic acids is 1. The molecule has 1 aliphatic rings. The Kier molecular flexibility index (Phi) is 6.67. The molecule has 5 nitrogen and oxygen atoms in total. The van der Waals surface area contributed by atoms with Gasteiger partial charge in [-0.25, -0.2) is 0 Å². The van der Waals surface area contributed by atoms with E-state index < -0.39 is 0 Å². The van der Waals surface area contributed by atoms with Gasteiger partial charge >= 0.3 is 0 Å². The Morgan fingerprint density at radius 1 is 1.06 bits per heavy atom. The zero-order chi connectivity index (χ0) is 21.6. The Bertz CT molecular complexity index is 1140. The number of methoxy groups -OCH3 is 1. The molecule has 0 radical (unpaired) electrons. The monoisotopic (exact) mass is 431 g/mol. The Balaban J connectivity index is 1.63. The van der Waals surface area contributed by atoms with E-state index in [9.17, 15) is 4.79 Å². The second-order valence-corrected chi connectivity index (χ2v) is 8.50. The number of rotatable bonds is 7. The first-order chi connectivity index (χ1) is 15.2. The molecule has 3 aromatic rings. The van der Waals surface area contributed by atoms with Crippen LogP contribution in [0.4, 0.5) is 0 Å². The van der Waals surface area contributed by atoms with Gasteiger partial charge in [-0.05, 0) is 34.9 Å². The standard InChI is InChI=1S/C25H25N3O2S/c1-3-9-23-24(29)28(17-20-13-8-12-18-10-4-6-14-21(18)20)25(31-23)27-26-16-19-11-5-7-15-22(19)30-2/h4-8,10-16,23H,3,9,17H2,1-2H3. The number of hydrogen-bond acceptors (Lipinski definition) is 5. The van der Waals surface area contributed by atoms with E-state index in [4.69, 9.17) is 4.74 Å². The summed E-state index contributed by atoms with van der Waals surface area (Å²) in [7, 11) is 1.63. The molecule has 1 fully saturated rings. The highest BCUT2D eigenvalue weighted by Crippen LogP contribution is 2.33. The van der Waals surface area contributed by atoms with Crippen molar-refractivity contribution >= 4 is 39.8 Å². The summed E-state index contributed by atoms with van der Waals surface area (Å²) in [6.45, 7) is 2.58. The summed E-state index contributed by atoms with van der Waals surface area (Å²) in [5.41, 5.74) is 1.94. The zero-order valence-corrected chi connectivity index (χ0v) is 18.5. The lowest BCUT2D eigenvalue weighted by atomic mass is 10.0. The van der Waals surface area contributed by atoms with E-state index in [1.807, 2.05) is 42.5 Å². The molecule has 0 N–H and O–H groups in total. The first-order valence-corrected chi connectivity index (χ1v) is 11.3. The van der Waals surface area contributed by atoms with Crippen molar-refractivity contribution in [3.63, 3.8) is 0 Å². The lowest BCUT2D eigenvalue weighted by molar-refractivity contribution is -0.126. The second kappa shape index (κ2) is 9.79. The van der Waals surface area contributed by atoms with E-state index in [0.717, 1.165) is 40.5 Å². The number of amidine groups is 1. The number of hydrogen-bond donors (Lipinski definition) is 0. The first-order valence-electron chi connectivity index (χ1n) is 10.4. The van der Waals surface area contributed by atoms with Crippen molar-refractivity contribution in [3.05, 3.63) is 77.9 Å². The molecular formula is C25H25N3O2S. The SMILES string of the molecule is CCCC1SC(=NN=Cc2ccccc2OC)N(Cc2cccc3ccccc23)C1=O. The normalized spacial score (nSPS) is 17.9.